The van der Waals surface area contributed by atoms with E-state index in [1.807, 2.05) is 30.3 Å². The molecule has 4 rings (SSSR count). The fraction of sp³-hybridized carbons (Fsp3) is 0.458. The first-order chi connectivity index (χ1) is 15.3. The number of esters is 1. The van der Waals surface area contributed by atoms with Gasteiger partial charge in [-0.2, -0.15) is 0 Å². The molecule has 172 valence electrons. The molecule has 1 N–H and O–H groups in total. The van der Waals surface area contributed by atoms with Crippen LogP contribution in [0.25, 0.3) is 0 Å². The molecular formula is C24H27F2NO5. The van der Waals surface area contributed by atoms with Crippen LogP contribution in [-0.4, -0.2) is 43.2 Å². The van der Waals surface area contributed by atoms with E-state index in [9.17, 15) is 13.6 Å². The van der Waals surface area contributed by atoms with E-state index in [1.54, 1.807) is 13.8 Å². The van der Waals surface area contributed by atoms with Gasteiger partial charge in [0.25, 0.3) is 0 Å². The van der Waals surface area contributed by atoms with Gasteiger partial charge in [0.15, 0.2) is 5.79 Å². The highest BCUT2D eigenvalue weighted by molar-refractivity contribution is 5.70. The van der Waals surface area contributed by atoms with Crippen LogP contribution in [0.4, 0.5) is 8.78 Å². The van der Waals surface area contributed by atoms with Crippen molar-refractivity contribution in [2.45, 2.75) is 63.1 Å². The summed E-state index contributed by atoms with van der Waals surface area (Å²) in [6.45, 7) is 4.03. The number of nitrogens with one attached hydrogen (secondary N) is 1. The summed E-state index contributed by atoms with van der Waals surface area (Å²) >= 11 is 0. The molecule has 2 aliphatic heterocycles. The van der Waals surface area contributed by atoms with E-state index < -0.39 is 53.8 Å². The molecular weight excluding hydrogens is 420 g/mol. The number of methoxy groups -OCH3 is 1. The maximum Gasteiger partial charge on any atom is 0.307 e. The lowest BCUT2D eigenvalue weighted by Gasteiger charge is -2.29. The van der Waals surface area contributed by atoms with E-state index in [2.05, 4.69) is 5.32 Å². The van der Waals surface area contributed by atoms with E-state index in [1.165, 1.54) is 19.2 Å². The van der Waals surface area contributed by atoms with E-state index in [4.69, 9.17) is 18.9 Å². The van der Waals surface area contributed by atoms with Crippen LogP contribution in [0.5, 0.6) is 0 Å². The van der Waals surface area contributed by atoms with Gasteiger partial charge in [-0.15, -0.1) is 0 Å². The van der Waals surface area contributed by atoms with Gasteiger partial charge in [-0.3, -0.25) is 4.79 Å². The highest BCUT2D eigenvalue weighted by Gasteiger charge is 2.57. The molecule has 2 saturated heterocycles. The maximum atomic E-state index is 14.6. The first kappa shape index (κ1) is 22.8. The van der Waals surface area contributed by atoms with Gasteiger partial charge in [-0.05, 0) is 25.5 Å². The van der Waals surface area contributed by atoms with Gasteiger partial charge in [0, 0.05) is 24.2 Å². The molecule has 0 aliphatic carbocycles. The van der Waals surface area contributed by atoms with Gasteiger partial charge in [-0.1, -0.05) is 36.4 Å². The highest BCUT2D eigenvalue weighted by atomic mass is 19.1. The first-order valence-corrected chi connectivity index (χ1v) is 10.6. The van der Waals surface area contributed by atoms with Crippen molar-refractivity contribution in [1.82, 2.24) is 5.32 Å². The molecule has 0 unspecified atom stereocenters. The average molecular weight is 447 g/mol. The van der Waals surface area contributed by atoms with Crippen LogP contribution in [-0.2, 0) is 30.3 Å². The predicted molar refractivity (Wildman–Crippen MR) is 111 cm³/mol. The van der Waals surface area contributed by atoms with Crippen LogP contribution >= 0.6 is 0 Å². The lowest BCUT2D eigenvalue weighted by Crippen LogP contribution is -2.47. The molecule has 2 aromatic carbocycles. The number of hydrogen-bond donors (Lipinski definition) is 1. The maximum absolute atomic E-state index is 14.6. The number of rotatable bonds is 7. The number of carbonyl (C=O) groups excluding carboxylic acids is 1. The minimum absolute atomic E-state index is 0.0274. The Kier molecular flexibility index (Phi) is 6.57. The first-order valence-electron chi connectivity index (χ1n) is 10.6. The number of hydrogen-bond acceptors (Lipinski definition) is 6. The number of halogens is 2. The number of benzene rings is 2. The van der Waals surface area contributed by atoms with Crippen LogP contribution in [0.3, 0.4) is 0 Å². The van der Waals surface area contributed by atoms with Crippen LogP contribution in [0.1, 0.15) is 37.5 Å². The van der Waals surface area contributed by atoms with Crippen molar-refractivity contribution in [2.75, 3.05) is 7.11 Å². The second-order valence-electron chi connectivity index (χ2n) is 8.51. The molecule has 0 spiro atoms. The summed E-state index contributed by atoms with van der Waals surface area (Å²) in [5.41, 5.74) is 1.21. The minimum Gasteiger partial charge on any atom is -0.469 e. The van der Waals surface area contributed by atoms with Gasteiger partial charge in [0.2, 0.25) is 0 Å². The van der Waals surface area contributed by atoms with Crippen molar-refractivity contribution < 1.29 is 32.5 Å². The van der Waals surface area contributed by atoms with Gasteiger partial charge in [0.1, 0.15) is 36.1 Å². The van der Waals surface area contributed by atoms with Crippen LogP contribution in [0, 0.1) is 11.6 Å². The summed E-state index contributed by atoms with van der Waals surface area (Å²) < 4.78 is 51.4. The Labute approximate surface area is 185 Å². The molecule has 5 atom stereocenters. The molecule has 2 aromatic rings. The monoisotopic (exact) mass is 447 g/mol. The fourth-order valence-electron chi connectivity index (χ4n) is 4.35. The molecule has 0 radical (unpaired) electrons. The second-order valence-corrected chi connectivity index (χ2v) is 8.51. The van der Waals surface area contributed by atoms with Gasteiger partial charge in [0.05, 0.1) is 13.5 Å². The van der Waals surface area contributed by atoms with Gasteiger partial charge in [-0.25, -0.2) is 8.78 Å². The molecule has 0 aromatic heterocycles. The molecule has 2 heterocycles. The average Bonchev–Trinajstić information content (AvgIpc) is 3.25. The van der Waals surface area contributed by atoms with Crippen molar-refractivity contribution in [3.8, 4) is 0 Å². The standard InChI is InChI=1S/C24H27F2NO5/c1-24(2)31-22-20(16-10-9-15(25)11-17(16)26)30-21(23(22)32-24)18(12-19(28)29-3)27-13-14-7-5-4-6-8-14/h4-11,18,20-23,27H,12-13H2,1-3H3/t18-,20-,21+,22+,23-/m0/s1. The van der Waals surface area contributed by atoms with Crippen molar-refractivity contribution in [3.05, 3.63) is 71.3 Å². The smallest absolute Gasteiger partial charge is 0.307 e. The normalized spacial score (nSPS) is 27.2. The topological polar surface area (TPSA) is 66.0 Å². The Morgan fingerprint density at radius 3 is 2.53 bits per heavy atom. The Balaban J connectivity index is 1.62. The molecule has 32 heavy (non-hydrogen) atoms. The third-order valence-corrected chi connectivity index (χ3v) is 5.78. The van der Waals surface area contributed by atoms with Crippen molar-refractivity contribution in [3.63, 3.8) is 0 Å². The molecule has 8 heteroatoms. The Bertz CT molecular complexity index is 955. The van der Waals surface area contributed by atoms with Gasteiger partial charge < -0.3 is 24.3 Å². The van der Waals surface area contributed by atoms with E-state index in [0.29, 0.717) is 6.54 Å². The third-order valence-electron chi connectivity index (χ3n) is 5.78. The summed E-state index contributed by atoms with van der Waals surface area (Å²) in [5, 5.41) is 3.36. The van der Waals surface area contributed by atoms with Crippen LogP contribution in [0.15, 0.2) is 48.5 Å². The van der Waals surface area contributed by atoms with E-state index in [-0.39, 0.29) is 12.0 Å². The number of fused-ring (bicyclic) bond motifs is 1. The summed E-state index contributed by atoms with van der Waals surface area (Å²) in [4.78, 5) is 12.2. The Hall–Kier alpha value is -2.39. The van der Waals surface area contributed by atoms with Crippen molar-refractivity contribution in [1.29, 1.82) is 0 Å². The predicted octanol–water partition coefficient (Wildman–Crippen LogP) is 3.65. The SMILES string of the molecule is COC(=O)C[C@H](NCc1ccccc1)[C@H]1O[C@@H](c2ccc(F)cc2F)[C@H]2OC(C)(C)O[C@@H]12. The fourth-order valence-corrected chi connectivity index (χ4v) is 4.35. The zero-order valence-electron chi connectivity index (χ0n) is 18.2. The molecule has 6 nitrogen and oxygen atoms in total. The minimum atomic E-state index is -0.915. The number of carbonyl (C=O) groups is 1. The summed E-state index contributed by atoms with van der Waals surface area (Å²) in [5.74, 6) is -2.72. The summed E-state index contributed by atoms with van der Waals surface area (Å²) in [6, 6.07) is 12.6. The molecule has 0 bridgehead atoms. The van der Waals surface area contributed by atoms with Crippen molar-refractivity contribution >= 4 is 5.97 Å². The Morgan fingerprint density at radius 2 is 1.84 bits per heavy atom. The quantitative estimate of drug-likeness (QED) is 0.654. The zero-order valence-corrected chi connectivity index (χ0v) is 18.2. The van der Waals surface area contributed by atoms with E-state index >= 15 is 0 Å². The zero-order chi connectivity index (χ0) is 22.9. The lowest BCUT2D eigenvalue weighted by molar-refractivity contribution is -0.191. The second kappa shape index (κ2) is 9.23. The third kappa shape index (κ3) is 4.83. The van der Waals surface area contributed by atoms with Crippen molar-refractivity contribution in [2.24, 2.45) is 0 Å². The van der Waals surface area contributed by atoms with Crippen LogP contribution < -0.4 is 5.32 Å². The number of ether oxygens (including phenoxy) is 4. The Morgan fingerprint density at radius 1 is 1.12 bits per heavy atom. The largest absolute Gasteiger partial charge is 0.469 e. The molecule has 0 saturated carbocycles. The highest BCUT2D eigenvalue weighted by Crippen LogP contribution is 2.46. The molecule has 2 aliphatic rings. The van der Waals surface area contributed by atoms with E-state index in [0.717, 1.165) is 11.6 Å². The van der Waals surface area contributed by atoms with Gasteiger partial charge >= 0.3 is 5.97 Å². The summed E-state index contributed by atoms with van der Waals surface area (Å²) in [7, 11) is 1.32. The molecule has 2 fully saturated rings. The molecule has 0 amide bonds. The van der Waals surface area contributed by atoms with Crippen LogP contribution in [0.2, 0.25) is 0 Å². The summed E-state index contributed by atoms with van der Waals surface area (Å²) in [6.07, 6.45) is -2.59. The lowest BCUT2D eigenvalue weighted by atomic mass is 9.97.